The fourth-order valence-electron chi connectivity index (χ4n) is 2.66. The first-order valence-corrected chi connectivity index (χ1v) is 8.69. The van der Waals surface area contributed by atoms with E-state index in [0.717, 1.165) is 4.90 Å². The average Bonchev–Trinajstić information content (AvgIpc) is 3.00. The zero-order valence-electron chi connectivity index (χ0n) is 13.1. The first kappa shape index (κ1) is 16.3. The number of benzene rings is 1. The third kappa shape index (κ3) is 2.61. The van der Waals surface area contributed by atoms with Gasteiger partial charge >= 0.3 is 0 Å². The molecule has 0 fully saturated rings. The van der Waals surface area contributed by atoms with Crippen LogP contribution in [0.2, 0.25) is 0 Å². The van der Waals surface area contributed by atoms with Gasteiger partial charge in [-0.3, -0.25) is 14.5 Å². The summed E-state index contributed by atoms with van der Waals surface area (Å²) in [5.74, 6) is -0.667. The van der Waals surface area contributed by atoms with Crippen LogP contribution in [-0.2, 0) is 10.0 Å². The first-order valence-electron chi connectivity index (χ1n) is 7.20. The molecule has 0 unspecified atom stereocenters. The van der Waals surface area contributed by atoms with Crippen LogP contribution in [0.3, 0.4) is 0 Å². The molecule has 126 valence electrons. The Balaban J connectivity index is 1.70. The molecule has 0 saturated heterocycles. The Hall–Kier alpha value is -2.52. The maximum atomic E-state index is 12.3. The fraction of sp³-hybridized carbons (Fsp3) is 0.267. The molecule has 8 nitrogen and oxygen atoms in total. The second kappa shape index (κ2) is 5.84. The van der Waals surface area contributed by atoms with E-state index in [-0.39, 0.29) is 29.4 Å². The van der Waals surface area contributed by atoms with Crippen LogP contribution < -0.4 is 4.72 Å². The summed E-state index contributed by atoms with van der Waals surface area (Å²) in [7, 11) is -3.83. The van der Waals surface area contributed by atoms with Gasteiger partial charge in [-0.05, 0) is 26.0 Å². The van der Waals surface area contributed by atoms with Crippen molar-refractivity contribution in [3.8, 4) is 0 Å². The predicted octanol–water partition coefficient (Wildman–Crippen LogP) is 0.866. The number of nitrogens with one attached hydrogen (secondary N) is 1. The molecule has 1 aromatic carbocycles. The van der Waals surface area contributed by atoms with E-state index >= 15 is 0 Å². The number of fused-ring (bicyclic) bond motifs is 1. The lowest BCUT2D eigenvalue weighted by molar-refractivity contribution is 0.0657. The van der Waals surface area contributed by atoms with Crippen LogP contribution >= 0.6 is 0 Å². The molecule has 1 aliphatic heterocycles. The van der Waals surface area contributed by atoms with E-state index in [2.05, 4.69) is 9.88 Å². The molecule has 3 rings (SSSR count). The third-order valence-corrected chi connectivity index (χ3v) is 5.45. The molecule has 0 aliphatic carbocycles. The highest BCUT2D eigenvalue weighted by atomic mass is 32.2. The van der Waals surface area contributed by atoms with Gasteiger partial charge in [0.05, 0.1) is 11.1 Å². The van der Waals surface area contributed by atoms with Gasteiger partial charge in [0.1, 0.15) is 10.6 Å². The highest BCUT2D eigenvalue weighted by Crippen LogP contribution is 2.22. The number of carbonyl (C=O) groups is 2. The molecule has 0 saturated carbocycles. The third-order valence-electron chi connectivity index (χ3n) is 3.74. The number of aryl methyl sites for hydroxylation is 2. The van der Waals surface area contributed by atoms with Gasteiger partial charge in [0, 0.05) is 13.1 Å². The predicted molar refractivity (Wildman–Crippen MR) is 83.0 cm³/mol. The topological polar surface area (TPSA) is 110 Å². The SMILES string of the molecule is Cc1noc(C)c1S(=O)(=O)NCCN1C(=O)c2ccccc2C1=O. The molecule has 1 aliphatic rings. The Kier molecular flexibility index (Phi) is 3.98. The second-order valence-corrected chi connectivity index (χ2v) is 7.06. The average molecular weight is 349 g/mol. The van der Waals surface area contributed by atoms with Crippen LogP contribution in [0.4, 0.5) is 0 Å². The molecule has 0 atom stereocenters. The number of hydrogen-bond donors (Lipinski definition) is 1. The van der Waals surface area contributed by atoms with Gasteiger partial charge in [0.25, 0.3) is 11.8 Å². The second-order valence-electron chi connectivity index (χ2n) is 5.36. The van der Waals surface area contributed by atoms with Crippen molar-refractivity contribution in [2.45, 2.75) is 18.7 Å². The maximum absolute atomic E-state index is 12.3. The molecule has 0 radical (unpaired) electrons. The zero-order valence-corrected chi connectivity index (χ0v) is 13.9. The molecule has 0 bridgehead atoms. The molecule has 2 heterocycles. The summed E-state index contributed by atoms with van der Waals surface area (Å²) in [6, 6.07) is 6.49. The van der Waals surface area contributed by atoms with E-state index in [0.29, 0.717) is 11.1 Å². The lowest BCUT2D eigenvalue weighted by Gasteiger charge is -2.14. The van der Waals surface area contributed by atoms with E-state index in [1.165, 1.54) is 13.8 Å². The van der Waals surface area contributed by atoms with E-state index in [1.807, 2.05) is 0 Å². The van der Waals surface area contributed by atoms with Crippen LogP contribution in [0.25, 0.3) is 0 Å². The minimum atomic E-state index is -3.83. The number of imide groups is 1. The summed E-state index contributed by atoms with van der Waals surface area (Å²) >= 11 is 0. The normalized spacial score (nSPS) is 14.3. The lowest BCUT2D eigenvalue weighted by atomic mass is 10.1. The summed E-state index contributed by atoms with van der Waals surface area (Å²) in [5.41, 5.74) is 0.910. The monoisotopic (exact) mass is 349 g/mol. The van der Waals surface area contributed by atoms with E-state index in [9.17, 15) is 18.0 Å². The van der Waals surface area contributed by atoms with Gasteiger partial charge in [-0.1, -0.05) is 17.3 Å². The minimum Gasteiger partial charge on any atom is -0.360 e. The molecule has 2 amide bonds. The molecule has 2 aromatic rings. The molecule has 24 heavy (non-hydrogen) atoms. The van der Waals surface area contributed by atoms with Crippen molar-refractivity contribution < 1.29 is 22.5 Å². The van der Waals surface area contributed by atoms with Crippen LogP contribution in [0, 0.1) is 13.8 Å². The van der Waals surface area contributed by atoms with Crippen molar-refractivity contribution in [1.29, 1.82) is 0 Å². The Labute approximate surface area is 138 Å². The lowest BCUT2D eigenvalue weighted by Crippen LogP contribution is -2.38. The summed E-state index contributed by atoms with van der Waals surface area (Å²) in [4.78, 5) is 25.4. The zero-order chi connectivity index (χ0) is 17.5. The number of carbonyl (C=O) groups excluding carboxylic acids is 2. The van der Waals surface area contributed by atoms with Crippen molar-refractivity contribution in [3.05, 3.63) is 46.8 Å². The first-order chi connectivity index (χ1) is 11.3. The molecule has 9 heteroatoms. The van der Waals surface area contributed by atoms with Crippen molar-refractivity contribution in [2.75, 3.05) is 13.1 Å². The van der Waals surface area contributed by atoms with Crippen LogP contribution in [0.1, 0.15) is 32.2 Å². The number of aromatic nitrogens is 1. The summed E-state index contributed by atoms with van der Waals surface area (Å²) in [5, 5.41) is 3.61. The Morgan fingerprint density at radius 1 is 1.12 bits per heavy atom. The minimum absolute atomic E-state index is 0.0233. The Bertz CT molecular complexity index is 878. The molecule has 1 N–H and O–H groups in total. The molecular formula is C15H15N3O5S. The van der Waals surface area contributed by atoms with Gasteiger partial charge in [0.2, 0.25) is 10.0 Å². The number of rotatable bonds is 5. The van der Waals surface area contributed by atoms with Crippen molar-refractivity contribution in [1.82, 2.24) is 14.8 Å². The largest absolute Gasteiger partial charge is 0.360 e. The number of nitrogens with zero attached hydrogens (tertiary/aromatic N) is 2. The fourth-order valence-corrected chi connectivity index (χ4v) is 4.01. The van der Waals surface area contributed by atoms with Gasteiger partial charge in [0.15, 0.2) is 5.76 Å². The summed E-state index contributed by atoms with van der Waals surface area (Å²) in [6.07, 6.45) is 0. The molecule has 0 spiro atoms. The molecular weight excluding hydrogens is 334 g/mol. The standard InChI is InChI=1S/C15H15N3O5S/c1-9-13(10(2)23-17-9)24(21,22)16-7-8-18-14(19)11-5-3-4-6-12(11)15(18)20/h3-6,16H,7-8H2,1-2H3. The highest BCUT2D eigenvalue weighted by molar-refractivity contribution is 7.89. The van der Waals surface area contributed by atoms with E-state index < -0.39 is 21.8 Å². The van der Waals surface area contributed by atoms with Gasteiger partial charge in [-0.25, -0.2) is 13.1 Å². The van der Waals surface area contributed by atoms with Crippen molar-refractivity contribution in [3.63, 3.8) is 0 Å². The number of sulfonamides is 1. The number of amides is 2. The van der Waals surface area contributed by atoms with Crippen LogP contribution in [0.5, 0.6) is 0 Å². The van der Waals surface area contributed by atoms with Gasteiger partial charge in [-0.2, -0.15) is 0 Å². The van der Waals surface area contributed by atoms with E-state index in [1.54, 1.807) is 24.3 Å². The summed E-state index contributed by atoms with van der Waals surface area (Å²) in [6.45, 7) is 2.86. The Morgan fingerprint density at radius 2 is 1.71 bits per heavy atom. The van der Waals surface area contributed by atoms with Gasteiger partial charge in [-0.15, -0.1) is 0 Å². The van der Waals surface area contributed by atoms with E-state index in [4.69, 9.17) is 4.52 Å². The number of hydrogen-bond acceptors (Lipinski definition) is 6. The molecule has 1 aromatic heterocycles. The summed E-state index contributed by atoms with van der Waals surface area (Å²) < 4.78 is 31.8. The Morgan fingerprint density at radius 3 is 2.21 bits per heavy atom. The van der Waals surface area contributed by atoms with Crippen LogP contribution in [-0.4, -0.2) is 43.4 Å². The van der Waals surface area contributed by atoms with Crippen LogP contribution in [0.15, 0.2) is 33.7 Å². The van der Waals surface area contributed by atoms with Crippen molar-refractivity contribution >= 4 is 21.8 Å². The van der Waals surface area contributed by atoms with Crippen molar-refractivity contribution in [2.24, 2.45) is 0 Å². The maximum Gasteiger partial charge on any atom is 0.261 e. The van der Waals surface area contributed by atoms with Gasteiger partial charge < -0.3 is 4.52 Å². The smallest absolute Gasteiger partial charge is 0.261 e. The highest BCUT2D eigenvalue weighted by Gasteiger charge is 2.35. The quantitative estimate of drug-likeness (QED) is 0.802.